The highest BCUT2D eigenvalue weighted by atomic mass is 16.4. The average molecular weight is 205 g/mol. The molecule has 0 amide bonds. The molecule has 2 rings (SSSR count). The fourth-order valence-corrected chi connectivity index (χ4v) is 1.09. The first-order valence-corrected chi connectivity index (χ1v) is 4.53. The summed E-state index contributed by atoms with van der Waals surface area (Å²) in [6, 6.07) is 4.20. The van der Waals surface area contributed by atoms with E-state index in [2.05, 4.69) is 20.5 Å². The van der Waals surface area contributed by atoms with E-state index < -0.39 is 0 Å². The van der Waals surface area contributed by atoms with Crippen molar-refractivity contribution < 1.29 is 4.42 Å². The van der Waals surface area contributed by atoms with Gasteiger partial charge in [0.25, 0.3) is 0 Å². The second-order valence-corrected chi connectivity index (χ2v) is 2.91. The maximum atomic E-state index is 5.34. The highest BCUT2D eigenvalue weighted by molar-refractivity contribution is 5.21. The summed E-state index contributed by atoms with van der Waals surface area (Å²) in [6.07, 6.45) is 3.46. The Morgan fingerprint density at radius 1 is 1.27 bits per heavy atom. The summed E-state index contributed by atoms with van der Waals surface area (Å²) in [6.45, 7) is 0.874. The van der Waals surface area contributed by atoms with Gasteiger partial charge in [0.2, 0.25) is 5.89 Å². The Morgan fingerprint density at radius 3 is 2.73 bits per heavy atom. The lowest BCUT2D eigenvalue weighted by atomic mass is 10.3. The maximum Gasteiger partial charge on any atom is 0.315 e. The van der Waals surface area contributed by atoms with Crippen LogP contribution in [0.4, 0.5) is 6.01 Å². The van der Waals surface area contributed by atoms with E-state index in [1.807, 2.05) is 12.1 Å². The van der Waals surface area contributed by atoms with Gasteiger partial charge in [-0.2, -0.15) is 0 Å². The Labute approximate surface area is 86.5 Å². The second kappa shape index (κ2) is 4.52. The minimum atomic E-state index is 0.254. The topological polar surface area (TPSA) is 89.9 Å². The third-order valence-corrected chi connectivity index (χ3v) is 1.83. The summed E-state index contributed by atoms with van der Waals surface area (Å²) < 4.78 is 5.18. The van der Waals surface area contributed by atoms with Crippen LogP contribution in [0.15, 0.2) is 28.9 Å². The first-order chi connectivity index (χ1) is 7.38. The molecule has 0 radical (unpaired) electrons. The quantitative estimate of drug-likeness (QED) is 0.757. The number of pyridine rings is 1. The van der Waals surface area contributed by atoms with E-state index in [9.17, 15) is 0 Å². The van der Waals surface area contributed by atoms with Gasteiger partial charge >= 0.3 is 6.01 Å². The second-order valence-electron chi connectivity index (χ2n) is 2.91. The number of nitrogens with two attached hydrogens (primary N) is 1. The van der Waals surface area contributed by atoms with Crippen LogP contribution in [0.3, 0.4) is 0 Å². The Hall–Kier alpha value is -1.95. The molecule has 0 atom stereocenters. The highest BCUT2D eigenvalue weighted by Crippen LogP contribution is 2.06. The molecular weight excluding hydrogens is 194 g/mol. The van der Waals surface area contributed by atoms with Crippen LogP contribution in [0.2, 0.25) is 0 Å². The number of aromatic nitrogens is 3. The molecular formula is C9H11N5O. The lowest BCUT2D eigenvalue weighted by molar-refractivity contribution is 0.507. The predicted octanol–water partition coefficient (Wildman–Crippen LogP) is 0.535. The first kappa shape index (κ1) is 9.60. The molecule has 6 heteroatoms. The minimum Gasteiger partial charge on any atom is -0.407 e. The van der Waals surface area contributed by atoms with E-state index in [-0.39, 0.29) is 6.54 Å². The van der Waals surface area contributed by atoms with E-state index in [1.54, 1.807) is 12.4 Å². The Morgan fingerprint density at radius 2 is 2.07 bits per heavy atom. The fraction of sp³-hybridized carbons (Fsp3) is 0.222. The number of hydrogen-bond donors (Lipinski definition) is 2. The van der Waals surface area contributed by atoms with E-state index in [0.717, 1.165) is 5.56 Å². The number of nitrogens with one attached hydrogen (secondary N) is 1. The van der Waals surface area contributed by atoms with E-state index >= 15 is 0 Å². The Kier molecular flexibility index (Phi) is 2.89. The zero-order valence-corrected chi connectivity index (χ0v) is 8.05. The maximum absolute atomic E-state index is 5.34. The van der Waals surface area contributed by atoms with Crippen molar-refractivity contribution in [3.8, 4) is 0 Å². The van der Waals surface area contributed by atoms with Crippen molar-refractivity contribution in [1.82, 2.24) is 15.2 Å². The molecule has 0 aliphatic carbocycles. The minimum absolute atomic E-state index is 0.254. The van der Waals surface area contributed by atoms with Gasteiger partial charge in [0.15, 0.2) is 0 Å². The summed E-state index contributed by atoms with van der Waals surface area (Å²) in [5.41, 5.74) is 6.43. The van der Waals surface area contributed by atoms with Gasteiger partial charge in [-0.1, -0.05) is 5.10 Å². The molecule has 0 aromatic carbocycles. The zero-order chi connectivity index (χ0) is 10.5. The molecule has 2 heterocycles. The van der Waals surface area contributed by atoms with Gasteiger partial charge in [-0.3, -0.25) is 4.98 Å². The van der Waals surface area contributed by atoms with Crippen molar-refractivity contribution in [1.29, 1.82) is 0 Å². The molecule has 78 valence electrons. The normalized spacial score (nSPS) is 10.2. The van der Waals surface area contributed by atoms with E-state index in [1.165, 1.54) is 0 Å². The fourth-order valence-electron chi connectivity index (χ4n) is 1.09. The standard InChI is InChI=1S/C9H11N5O/c10-5-8-13-14-9(15-8)12-6-7-1-3-11-4-2-7/h1-4H,5-6,10H2,(H,12,14). The van der Waals surface area contributed by atoms with Crippen LogP contribution in [-0.4, -0.2) is 15.2 Å². The van der Waals surface area contributed by atoms with Crippen molar-refractivity contribution >= 4 is 6.01 Å². The lowest BCUT2D eigenvalue weighted by Gasteiger charge is -1.99. The van der Waals surface area contributed by atoms with E-state index in [4.69, 9.17) is 10.2 Å². The molecule has 6 nitrogen and oxygen atoms in total. The molecule has 0 spiro atoms. The molecule has 2 aromatic heterocycles. The van der Waals surface area contributed by atoms with Crippen LogP contribution in [-0.2, 0) is 13.1 Å². The Bertz CT molecular complexity index is 413. The SMILES string of the molecule is NCc1nnc(NCc2ccncc2)o1. The first-order valence-electron chi connectivity index (χ1n) is 4.53. The number of rotatable bonds is 4. The smallest absolute Gasteiger partial charge is 0.315 e. The van der Waals surface area contributed by atoms with Gasteiger partial charge in [0, 0.05) is 18.9 Å². The van der Waals surface area contributed by atoms with Crippen LogP contribution in [0, 0.1) is 0 Å². The molecule has 3 N–H and O–H groups in total. The summed E-state index contributed by atoms with van der Waals surface area (Å²) in [5, 5.41) is 10.5. The molecule has 0 aliphatic rings. The van der Waals surface area contributed by atoms with Crippen LogP contribution >= 0.6 is 0 Å². The van der Waals surface area contributed by atoms with Crippen molar-refractivity contribution in [2.45, 2.75) is 13.1 Å². The van der Waals surface area contributed by atoms with Gasteiger partial charge in [-0.15, -0.1) is 5.10 Å². The lowest BCUT2D eigenvalue weighted by Crippen LogP contribution is -1.99. The summed E-state index contributed by atoms with van der Waals surface area (Å²) in [5.74, 6) is 0.423. The summed E-state index contributed by atoms with van der Waals surface area (Å²) in [7, 11) is 0. The third-order valence-electron chi connectivity index (χ3n) is 1.83. The van der Waals surface area contributed by atoms with Gasteiger partial charge in [0.05, 0.1) is 6.54 Å². The van der Waals surface area contributed by atoms with Gasteiger partial charge in [-0.25, -0.2) is 0 Å². The van der Waals surface area contributed by atoms with Crippen LogP contribution in [0.1, 0.15) is 11.5 Å². The zero-order valence-electron chi connectivity index (χ0n) is 8.05. The van der Waals surface area contributed by atoms with Crippen molar-refractivity contribution in [3.63, 3.8) is 0 Å². The van der Waals surface area contributed by atoms with Gasteiger partial charge in [-0.05, 0) is 17.7 Å². The van der Waals surface area contributed by atoms with Gasteiger partial charge < -0.3 is 15.5 Å². The molecule has 0 unspecified atom stereocenters. The molecule has 0 saturated heterocycles. The van der Waals surface area contributed by atoms with Crippen LogP contribution < -0.4 is 11.1 Å². The molecule has 0 fully saturated rings. The van der Waals surface area contributed by atoms with Crippen molar-refractivity contribution in [2.24, 2.45) is 5.73 Å². The predicted molar refractivity (Wildman–Crippen MR) is 53.8 cm³/mol. The molecule has 0 aliphatic heterocycles. The average Bonchev–Trinajstić information content (AvgIpc) is 2.76. The van der Waals surface area contributed by atoms with Crippen molar-refractivity contribution in [3.05, 3.63) is 36.0 Å². The van der Waals surface area contributed by atoms with Crippen LogP contribution in [0.25, 0.3) is 0 Å². The van der Waals surface area contributed by atoms with Crippen LogP contribution in [0.5, 0.6) is 0 Å². The molecule has 2 aromatic rings. The summed E-state index contributed by atoms with van der Waals surface area (Å²) in [4.78, 5) is 3.92. The largest absolute Gasteiger partial charge is 0.407 e. The highest BCUT2D eigenvalue weighted by Gasteiger charge is 2.02. The molecule has 0 saturated carbocycles. The van der Waals surface area contributed by atoms with E-state index in [0.29, 0.717) is 18.5 Å². The monoisotopic (exact) mass is 205 g/mol. The van der Waals surface area contributed by atoms with Crippen molar-refractivity contribution in [2.75, 3.05) is 5.32 Å². The number of hydrogen-bond acceptors (Lipinski definition) is 6. The number of anilines is 1. The van der Waals surface area contributed by atoms with Gasteiger partial charge in [0.1, 0.15) is 0 Å². The molecule has 15 heavy (non-hydrogen) atoms. The third kappa shape index (κ3) is 2.50. The number of nitrogens with zero attached hydrogens (tertiary/aromatic N) is 3. The summed E-state index contributed by atoms with van der Waals surface area (Å²) >= 11 is 0. The molecule has 0 bridgehead atoms. The Balaban J connectivity index is 1.93.